The van der Waals surface area contributed by atoms with Crippen LogP contribution in [0.4, 0.5) is 57.9 Å². The third-order valence-electron chi connectivity index (χ3n) is 7.06. The van der Waals surface area contributed by atoms with E-state index in [1.54, 1.807) is 0 Å². The first-order valence-corrected chi connectivity index (χ1v) is 18.1. The number of halogens is 10. The second-order valence-electron chi connectivity index (χ2n) is 11.4. The van der Waals surface area contributed by atoms with Crippen molar-refractivity contribution in [3.63, 3.8) is 0 Å². The molecule has 2 unspecified atom stereocenters. The van der Waals surface area contributed by atoms with Crippen molar-refractivity contribution in [1.82, 2.24) is 11.0 Å². The first kappa shape index (κ1) is 46.5. The quantitative estimate of drug-likeness (QED) is 0.0288. The van der Waals surface area contributed by atoms with Crippen LogP contribution < -0.4 is 21.6 Å². The van der Waals surface area contributed by atoms with E-state index in [1.165, 1.54) is 31.4 Å². The SMILES string of the molecule is CCCC(O)CONC(=O)c1cc(F)c(F)c(F)c1Nc1ccc(I)cc1F.COCC(O)CONC(=O)c1cc(F)c(F)c(F)c1Nc1ccc(I)cc1F. The predicted octanol–water partition coefficient (Wildman–Crippen LogP) is 7.67. The summed E-state index contributed by atoms with van der Waals surface area (Å²) in [6.07, 6.45) is -0.798. The molecule has 0 saturated heterocycles. The Morgan fingerprint density at radius 2 is 1.04 bits per heavy atom. The number of benzene rings is 4. The maximum absolute atomic E-state index is 14.3. The summed E-state index contributed by atoms with van der Waals surface area (Å²) >= 11 is 3.71. The van der Waals surface area contributed by atoms with Gasteiger partial charge in [-0.1, -0.05) is 13.3 Å². The van der Waals surface area contributed by atoms with Crippen LogP contribution in [0.15, 0.2) is 48.5 Å². The maximum atomic E-state index is 14.3. The van der Waals surface area contributed by atoms with Gasteiger partial charge < -0.3 is 25.6 Å². The van der Waals surface area contributed by atoms with Gasteiger partial charge in [0.25, 0.3) is 11.8 Å². The van der Waals surface area contributed by atoms with Crippen molar-refractivity contribution >= 4 is 79.7 Å². The number of aliphatic hydroxyl groups excluding tert-OH is 2. The van der Waals surface area contributed by atoms with Crippen molar-refractivity contribution in [3.8, 4) is 0 Å². The van der Waals surface area contributed by atoms with Gasteiger partial charge >= 0.3 is 0 Å². The van der Waals surface area contributed by atoms with Crippen LogP contribution in [0.3, 0.4) is 0 Å². The minimum atomic E-state index is -1.83. The second kappa shape index (κ2) is 22.2. The molecule has 0 fully saturated rings. The molecule has 0 heterocycles. The number of anilines is 4. The van der Waals surface area contributed by atoms with Gasteiger partial charge in [0.15, 0.2) is 34.9 Å². The average molecular weight is 1030 g/mol. The molecule has 0 aromatic heterocycles. The highest BCUT2D eigenvalue weighted by atomic mass is 127. The normalized spacial score (nSPS) is 12.0. The van der Waals surface area contributed by atoms with Crippen molar-refractivity contribution in [2.45, 2.75) is 32.0 Å². The van der Waals surface area contributed by atoms with Crippen LogP contribution in [0, 0.1) is 53.7 Å². The summed E-state index contributed by atoms with van der Waals surface area (Å²) in [5.41, 5.74) is 0.452. The highest BCUT2D eigenvalue weighted by Crippen LogP contribution is 2.31. The molecule has 0 bridgehead atoms. The molecule has 0 spiro atoms. The van der Waals surface area contributed by atoms with Crippen molar-refractivity contribution in [2.75, 3.05) is 37.6 Å². The Morgan fingerprint density at radius 3 is 1.41 bits per heavy atom. The fourth-order valence-electron chi connectivity index (χ4n) is 4.42. The summed E-state index contributed by atoms with van der Waals surface area (Å²) in [6.45, 7) is 1.14. The van der Waals surface area contributed by atoms with Crippen LogP contribution in [0.25, 0.3) is 0 Å². The Hall–Kier alpha value is -3.88. The first-order chi connectivity index (χ1) is 26.5. The fraction of sp³-hybridized carbons (Fsp3) is 0.257. The molecule has 0 aliphatic heterocycles. The van der Waals surface area contributed by atoms with E-state index in [0.29, 0.717) is 32.1 Å². The van der Waals surface area contributed by atoms with E-state index in [4.69, 9.17) is 9.68 Å². The van der Waals surface area contributed by atoms with Crippen molar-refractivity contribution in [3.05, 3.63) is 113 Å². The smallest absolute Gasteiger partial charge is 0.277 e. The lowest BCUT2D eigenvalue weighted by Gasteiger charge is -2.15. The fourth-order valence-corrected chi connectivity index (χ4v) is 5.32. The van der Waals surface area contributed by atoms with Gasteiger partial charge in [-0.3, -0.25) is 19.3 Å². The number of nitrogens with one attached hydrogen (secondary N) is 4. The Balaban J connectivity index is 0.000000300. The molecule has 21 heteroatoms. The lowest BCUT2D eigenvalue weighted by molar-refractivity contribution is -0.0365. The highest BCUT2D eigenvalue weighted by molar-refractivity contribution is 14.1. The van der Waals surface area contributed by atoms with Crippen LogP contribution in [0.1, 0.15) is 40.5 Å². The van der Waals surface area contributed by atoms with Gasteiger partial charge in [-0.25, -0.2) is 46.1 Å². The van der Waals surface area contributed by atoms with Crippen molar-refractivity contribution < 1.29 is 69.3 Å². The number of amides is 2. The van der Waals surface area contributed by atoms with Gasteiger partial charge in [0, 0.05) is 14.3 Å². The summed E-state index contributed by atoms with van der Waals surface area (Å²) in [5.74, 6) is -14.1. The van der Waals surface area contributed by atoms with Crippen molar-refractivity contribution in [2.24, 2.45) is 0 Å². The third-order valence-corrected chi connectivity index (χ3v) is 8.40. The van der Waals surface area contributed by atoms with Gasteiger partial charge in [0.1, 0.15) is 31.0 Å². The molecule has 0 radical (unpaired) electrons. The van der Waals surface area contributed by atoms with Crippen molar-refractivity contribution in [1.29, 1.82) is 0 Å². The Labute approximate surface area is 341 Å². The molecule has 4 aromatic rings. The van der Waals surface area contributed by atoms with Crippen LogP contribution in [0.5, 0.6) is 0 Å². The number of hydrogen-bond donors (Lipinski definition) is 6. The maximum Gasteiger partial charge on any atom is 0.277 e. The van der Waals surface area contributed by atoms with Crippen LogP contribution in [0.2, 0.25) is 0 Å². The lowest BCUT2D eigenvalue weighted by atomic mass is 10.1. The number of aliphatic hydroxyl groups is 2. The van der Waals surface area contributed by atoms with E-state index in [9.17, 15) is 54.9 Å². The number of carbonyl (C=O) groups is 2. The third kappa shape index (κ3) is 13.1. The molecule has 11 nitrogen and oxygen atoms in total. The average Bonchev–Trinajstić information content (AvgIpc) is 3.14. The largest absolute Gasteiger partial charge is 0.391 e. The van der Waals surface area contributed by atoms with E-state index in [-0.39, 0.29) is 31.2 Å². The Bertz CT molecular complexity index is 1880. The molecule has 2 amide bonds. The van der Waals surface area contributed by atoms with Crippen LogP contribution in [-0.4, -0.2) is 61.2 Å². The molecule has 4 rings (SSSR count). The molecule has 0 saturated carbocycles. The lowest BCUT2D eigenvalue weighted by Crippen LogP contribution is -2.31. The van der Waals surface area contributed by atoms with Gasteiger partial charge in [0.05, 0.1) is 46.6 Å². The summed E-state index contributed by atoms with van der Waals surface area (Å²) in [7, 11) is 1.34. The summed E-state index contributed by atoms with van der Waals surface area (Å²) in [5, 5.41) is 23.5. The molecule has 56 heavy (non-hydrogen) atoms. The minimum Gasteiger partial charge on any atom is -0.391 e. The van der Waals surface area contributed by atoms with Gasteiger partial charge in [-0.05, 0) is 100 Å². The molecular formula is C35H32F8I2N4O7. The zero-order chi connectivity index (χ0) is 41.7. The zero-order valence-corrected chi connectivity index (χ0v) is 33.3. The van der Waals surface area contributed by atoms with E-state index in [2.05, 4.69) is 15.4 Å². The number of rotatable bonds is 16. The van der Waals surface area contributed by atoms with Gasteiger partial charge in [-0.15, -0.1) is 0 Å². The van der Waals surface area contributed by atoms with E-state index >= 15 is 0 Å². The molecule has 2 atom stereocenters. The Morgan fingerprint density at radius 1 is 0.625 bits per heavy atom. The standard InChI is InChI=1S/C18H17F4IN2O3.C17H15F4IN2O4/c1-2-3-10(26)8-28-25-18(27)11-7-13(20)15(21)16(22)17(11)24-14-5-4-9(23)6-12(14)19;1-27-6-9(25)7-28-24-17(26)10-5-12(19)14(20)15(21)16(10)23-13-3-2-8(22)4-11(13)18/h4-7,10,24,26H,2-3,8H2,1H3,(H,25,27);2-5,9,23,25H,6-7H2,1H3,(H,24,26). The number of ether oxygens (including phenoxy) is 1. The summed E-state index contributed by atoms with van der Waals surface area (Å²) < 4.78 is 117. The second-order valence-corrected chi connectivity index (χ2v) is 13.8. The number of methoxy groups -OCH3 is 1. The highest BCUT2D eigenvalue weighted by Gasteiger charge is 2.26. The number of carbonyl (C=O) groups excluding carboxylic acids is 2. The zero-order valence-electron chi connectivity index (χ0n) is 29.0. The van der Waals surface area contributed by atoms with Crippen LogP contribution >= 0.6 is 45.2 Å². The molecule has 4 aromatic carbocycles. The van der Waals surface area contributed by atoms with Crippen LogP contribution in [-0.2, 0) is 14.4 Å². The number of hydrogen-bond acceptors (Lipinski definition) is 9. The van der Waals surface area contributed by atoms with Gasteiger partial charge in [-0.2, -0.15) is 0 Å². The van der Waals surface area contributed by atoms with Gasteiger partial charge in [0.2, 0.25) is 0 Å². The molecule has 0 aliphatic carbocycles. The van der Waals surface area contributed by atoms with E-state index < -0.39 is 93.1 Å². The number of hydroxylamine groups is 2. The van der Waals surface area contributed by atoms with E-state index in [0.717, 1.165) is 12.1 Å². The first-order valence-electron chi connectivity index (χ1n) is 16.0. The van der Waals surface area contributed by atoms with E-state index in [1.807, 2.05) is 63.1 Å². The summed E-state index contributed by atoms with van der Waals surface area (Å²) in [6, 6.07) is 8.67. The summed E-state index contributed by atoms with van der Waals surface area (Å²) in [4.78, 5) is 34.0. The predicted molar refractivity (Wildman–Crippen MR) is 203 cm³/mol. The topological polar surface area (TPSA) is 150 Å². The monoisotopic (exact) mass is 1030 g/mol. The molecule has 6 N–H and O–H groups in total. The molecule has 304 valence electrons. The minimum absolute atomic E-state index is 0.0748. The Kier molecular flexibility index (Phi) is 18.4. The molecular weight excluding hydrogens is 994 g/mol. The molecule has 0 aliphatic rings.